The first kappa shape index (κ1) is 8.35. The molecule has 1 rings (SSSR count). The molecule has 0 atom stereocenters. The molecule has 0 spiro atoms. The lowest BCUT2D eigenvalue weighted by Crippen LogP contribution is -2.25. The van der Waals surface area contributed by atoms with Crippen LogP contribution in [0.25, 0.3) is 0 Å². The standard InChI is InChI=1S/C8H16ClN/c1-8(2)3-5-10(7-8)6-4-9/h3-7H2,1-2H3. The van der Waals surface area contributed by atoms with Gasteiger partial charge in [0, 0.05) is 19.0 Å². The highest BCUT2D eigenvalue weighted by Crippen LogP contribution is 2.28. The van der Waals surface area contributed by atoms with Crippen LogP contribution in [0.3, 0.4) is 0 Å². The van der Waals surface area contributed by atoms with Gasteiger partial charge in [0.15, 0.2) is 0 Å². The first-order chi connectivity index (χ1) is 4.64. The number of nitrogens with zero attached hydrogens (tertiary/aromatic N) is 1. The van der Waals surface area contributed by atoms with E-state index in [1.54, 1.807) is 0 Å². The van der Waals surface area contributed by atoms with Gasteiger partial charge in [-0.3, -0.25) is 0 Å². The zero-order valence-corrected chi connectivity index (χ0v) is 7.62. The minimum absolute atomic E-state index is 0.534. The van der Waals surface area contributed by atoms with E-state index >= 15 is 0 Å². The van der Waals surface area contributed by atoms with Gasteiger partial charge in [-0.1, -0.05) is 13.8 Å². The van der Waals surface area contributed by atoms with Crippen LogP contribution in [0, 0.1) is 5.41 Å². The summed E-state index contributed by atoms with van der Waals surface area (Å²) >= 11 is 5.63. The van der Waals surface area contributed by atoms with Crippen LogP contribution < -0.4 is 0 Å². The maximum absolute atomic E-state index is 5.63. The highest BCUT2D eigenvalue weighted by atomic mass is 35.5. The molecule has 0 radical (unpaired) electrons. The Morgan fingerprint density at radius 1 is 1.50 bits per heavy atom. The summed E-state index contributed by atoms with van der Waals surface area (Å²) in [6, 6.07) is 0. The Morgan fingerprint density at radius 2 is 2.20 bits per heavy atom. The van der Waals surface area contributed by atoms with Crippen molar-refractivity contribution < 1.29 is 0 Å². The summed E-state index contributed by atoms with van der Waals surface area (Å²) < 4.78 is 0. The number of rotatable bonds is 2. The average Bonchev–Trinajstić information content (AvgIpc) is 2.12. The van der Waals surface area contributed by atoms with E-state index in [2.05, 4.69) is 18.7 Å². The Kier molecular flexibility index (Phi) is 2.59. The topological polar surface area (TPSA) is 3.24 Å². The van der Waals surface area contributed by atoms with Crippen LogP contribution in [-0.4, -0.2) is 30.4 Å². The minimum atomic E-state index is 0.534. The molecule has 1 aliphatic rings. The predicted octanol–water partition coefficient (Wildman–Crippen LogP) is 1.96. The summed E-state index contributed by atoms with van der Waals surface area (Å²) in [7, 11) is 0. The van der Waals surface area contributed by atoms with Gasteiger partial charge in [0.2, 0.25) is 0 Å². The molecule has 1 saturated heterocycles. The van der Waals surface area contributed by atoms with Gasteiger partial charge in [0.25, 0.3) is 0 Å². The molecule has 1 heterocycles. The van der Waals surface area contributed by atoms with Crippen LogP contribution in [0.15, 0.2) is 0 Å². The largest absolute Gasteiger partial charge is 0.302 e. The van der Waals surface area contributed by atoms with Crippen molar-refractivity contribution >= 4 is 11.6 Å². The highest BCUT2D eigenvalue weighted by molar-refractivity contribution is 6.18. The number of hydrogen-bond donors (Lipinski definition) is 0. The Morgan fingerprint density at radius 3 is 2.60 bits per heavy atom. The fourth-order valence-electron chi connectivity index (χ4n) is 1.53. The lowest BCUT2D eigenvalue weighted by molar-refractivity contribution is 0.305. The van der Waals surface area contributed by atoms with E-state index in [1.807, 2.05) is 0 Å². The molecule has 1 aliphatic heterocycles. The number of likely N-dealkylation sites (tertiary alicyclic amines) is 1. The number of hydrogen-bond acceptors (Lipinski definition) is 1. The van der Waals surface area contributed by atoms with E-state index in [0.717, 1.165) is 12.4 Å². The molecule has 10 heavy (non-hydrogen) atoms. The normalized spacial score (nSPS) is 25.5. The zero-order chi connectivity index (χ0) is 7.61. The van der Waals surface area contributed by atoms with Crippen molar-refractivity contribution in [3.8, 4) is 0 Å². The molecule has 0 saturated carbocycles. The van der Waals surface area contributed by atoms with Gasteiger partial charge in [-0.15, -0.1) is 11.6 Å². The van der Waals surface area contributed by atoms with E-state index in [0.29, 0.717) is 5.41 Å². The van der Waals surface area contributed by atoms with Crippen LogP contribution in [0.5, 0.6) is 0 Å². The van der Waals surface area contributed by atoms with Gasteiger partial charge in [-0.05, 0) is 18.4 Å². The average molecular weight is 162 g/mol. The van der Waals surface area contributed by atoms with E-state index < -0.39 is 0 Å². The molecule has 1 fully saturated rings. The van der Waals surface area contributed by atoms with Crippen LogP contribution in [0.1, 0.15) is 20.3 Å². The van der Waals surface area contributed by atoms with Crippen molar-refractivity contribution in [3.63, 3.8) is 0 Å². The first-order valence-electron chi connectivity index (χ1n) is 3.92. The fraction of sp³-hybridized carbons (Fsp3) is 1.00. The second-order valence-electron chi connectivity index (χ2n) is 3.88. The van der Waals surface area contributed by atoms with Gasteiger partial charge < -0.3 is 4.90 Å². The zero-order valence-electron chi connectivity index (χ0n) is 6.86. The van der Waals surface area contributed by atoms with Gasteiger partial charge in [0.1, 0.15) is 0 Å². The molecule has 0 bridgehead atoms. The van der Waals surface area contributed by atoms with Gasteiger partial charge in [-0.2, -0.15) is 0 Å². The molecular formula is C8H16ClN. The van der Waals surface area contributed by atoms with Crippen LogP contribution in [0.2, 0.25) is 0 Å². The highest BCUT2D eigenvalue weighted by Gasteiger charge is 2.28. The van der Waals surface area contributed by atoms with Crippen molar-refractivity contribution in [2.75, 3.05) is 25.5 Å². The van der Waals surface area contributed by atoms with Gasteiger partial charge >= 0.3 is 0 Å². The third-order valence-electron chi connectivity index (χ3n) is 2.16. The number of alkyl halides is 1. The van der Waals surface area contributed by atoms with Crippen molar-refractivity contribution in [2.45, 2.75) is 20.3 Å². The lowest BCUT2D eigenvalue weighted by Gasteiger charge is -2.18. The van der Waals surface area contributed by atoms with E-state index in [-0.39, 0.29) is 0 Å². The third-order valence-corrected chi connectivity index (χ3v) is 2.33. The molecule has 0 aliphatic carbocycles. The summed E-state index contributed by atoms with van der Waals surface area (Å²) in [5.74, 6) is 0.774. The Labute approximate surface area is 68.4 Å². The second kappa shape index (κ2) is 3.10. The third kappa shape index (κ3) is 2.14. The molecule has 1 nitrogen and oxygen atoms in total. The smallest absolute Gasteiger partial charge is 0.0351 e. The Balaban J connectivity index is 2.29. The van der Waals surface area contributed by atoms with Crippen molar-refractivity contribution in [2.24, 2.45) is 5.41 Å². The maximum Gasteiger partial charge on any atom is 0.0351 e. The van der Waals surface area contributed by atoms with Gasteiger partial charge in [-0.25, -0.2) is 0 Å². The quantitative estimate of drug-likeness (QED) is 0.560. The molecular weight excluding hydrogens is 146 g/mol. The molecule has 0 amide bonds. The van der Waals surface area contributed by atoms with Crippen molar-refractivity contribution in [3.05, 3.63) is 0 Å². The summed E-state index contributed by atoms with van der Waals surface area (Å²) in [5, 5.41) is 0. The van der Waals surface area contributed by atoms with E-state index in [4.69, 9.17) is 11.6 Å². The minimum Gasteiger partial charge on any atom is -0.302 e. The predicted molar refractivity (Wildman–Crippen MR) is 45.6 cm³/mol. The summed E-state index contributed by atoms with van der Waals surface area (Å²) in [5.41, 5.74) is 0.534. The molecule has 0 aromatic carbocycles. The first-order valence-corrected chi connectivity index (χ1v) is 4.46. The van der Waals surface area contributed by atoms with Crippen LogP contribution >= 0.6 is 11.6 Å². The van der Waals surface area contributed by atoms with E-state index in [1.165, 1.54) is 19.5 Å². The Hall–Kier alpha value is 0.250. The van der Waals surface area contributed by atoms with Crippen LogP contribution in [-0.2, 0) is 0 Å². The monoisotopic (exact) mass is 161 g/mol. The second-order valence-corrected chi connectivity index (χ2v) is 4.26. The Bertz CT molecular complexity index is 112. The molecule has 0 aromatic rings. The lowest BCUT2D eigenvalue weighted by atomic mass is 9.93. The maximum atomic E-state index is 5.63. The molecule has 60 valence electrons. The van der Waals surface area contributed by atoms with Crippen molar-refractivity contribution in [1.29, 1.82) is 0 Å². The molecule has 0 unspecified atom stereocenters. The van der Waals surface area contributed by atoms with E-state index in [9.17, 15) is 0 Å². The summed E-state index contributed by atoms with van der Waals surface area (Å²) in [6.45, 7) is 8.16. The fourth-order valence-corrected chi connectivity index (χ4v) is 1.77. The van der Waals surface area contributed by atoms with Crippen LogP contribution in [0.4, 0.5) is 0 Å². The summed E-state index contributed by atoms with van der Waals surface area (Å²) in [6.07, 6.45) is 1.32. The SMILES string of the molecule is CC1(C)CCN(CCCl)C1. The molecule has 0 aromatic heterocycles. The number of halogens is 1. The molecule has 0 N–H and O–H groups in total. The van der Waals surface area contributed by atoms with Gasteiger partial charge in [0.05, 0.1) is 0 Å². The van der Waals surface area contributed by atoms with Crippen molar-refractivity contribution in [1.82, 2.24) is 4.90 Å². The summed E-state index contributed by atoms with van der Waals surface area (Å²) in [4.78, 5) is 2.44. The molecule has 2 heteroatoms.